The molecule has 1 unspecified atom stereocenters. The molecule has 2 aromatic carbocycles. The second-order valence-corrected chi connectivity index (χ2v) is 6.71. The standard InChI is InChI=1S/C24H26O6/c1-17(2)23(25)29-14-19-10-8-9-13-22(19)28-16-21(30-24(26)18(3)4)15-27-20-11-6-5-7-12-20/h5-13,21H,1,3,14-16H2,2,4H3. The smallest absolute Gasteiger partial charge is 0.333 e. The predicted molar refractivity (Wildman–Crippen MR) is 113 cm³/mol. The number of carbonyl (C=O) groups excluding carboxylic acids is 2. The summed E-state index contributed by atoms with van der Waals surface area (Å²) in [5, 5.41) is 0. The molecule has 0 aliphatic carbocycles. The van der Waals surface area contributed by atoms with Crippen molar-refractivity contribution in [2.75, 3.05) is 13.2 Å². The molecule has 158 valence electrons. The average Bonchev–Trinajstić information content (AvgIpc) is 2.74. The Morgan fingerprint density at radius 1 is 0.833 bits per heavy atom. The zero-order chi connectivity index (χ0) is 21.9. The Hall–Kier alpha value is -3.54. The highest BCUT2D eigenvalue weighted by Gasteiger charge is 2.18. The average molecular weight is 410 g/mol. The lowest BCUT2D eigenvalue weighted by molar-refractivity contribution is -0.147. The SMILES string of the molecule is C=C(C)C(=O)OCc1ccccc1OCC(COc1ccccc1)OC(=O)C(=C)C. The molecule has 30 heavy (non-hydrogen) atoms. The first-order valence-corrected chi connectivity index (χ1v) is 9.44. The van der Waals surface area contributed by atoms with Gasteiger partial charge in [-0.05, 0) is 32.0 Å². The molecular weight excluding hydrogens is 384 g/mol. The van der Waals surface area contributed by atoms with Crippen molar-refractivity contribution in [3.63, 3.8) is 0 Å². The topological polar surface area (TPSA) is 71.1 Å². The second kappa shape index (κ2) is 11.5. The van der Waals surface area contributed by atoms with Crippen molar-refractivity contribution in [1.82, 2.24) is 0 Å². The molecule has 0 amide bonds. The Morgan fingerprint density at radius 3 is 2.10 bits per heavy atom. The summed E-state index contributed by atoms with van der Waals surface area (Å²) in [6.45, 7) is 10.5. The van der Waals surface area contributed by atoms with Crippen LogP contribution in [0.25, 0.3) is 0 Å². The highest BCUT2D eigenvalue weighted by Crippen LogP contribution is 2.20. The Balaban J connectivity index is 2.02. The molecular formula is C24H26O6. The van der Waals surface area contributed by atoms with E-state index in [9.17, 15) is 9.59 Å². The Morgan fingerprint density at radius 2 is 1.43 bits per heavy atom. The third-order valence-electron chi connectivity index (χ3n) is 3.91. The number of ether oxygens (including phenoxy) is 4. The van der Waals surface area contributed by atoms with Crippen molar-refractivity contribution in [3.8, 4) is 11.5 Å². The Labute approximate surface area is 176 Å². The lowest BCUT2D eigenvalue weighted by Crippen LogP contribution is -2.31. The summed E-state index contributed by atoms with van der Waals surface area (Å²) in [5.41, 5.74) is 1.28. The van der Waals surface area contributed by atoms with E-state index < -0.39 is 18.0 Å². The number of esters is 2. The molecule has 2 aromatic rings. The predicted octanol–water partition coefficient (Wildman–Crippen LogP) is 4.25. The number of carbonyl (C=O) groups is 2. The zero-order valence-corrected chi connectivity index (χ0v) is 17.3. The van der Waals surface area contributed by atoms with E-state index in [0.29, 0.717) is 22.6 Å². The molecule has 1 atom stereocenters. The lowest BCUT2D eigenvalue weighted by Gasteiger charge is -2.20. The van der Waals surface area contributed by atoms with Gasteiger partial charge in [-0.1, -0.05) is 49.6 Å². The first-order chi connectivity index (χ1) is 14.4. The van der Waals surface area contributed by atoms with Gasteiger partial charge in [0.05, 0.1) is 0 Å². The van der Waals surface area contributed by atoms with Crippen LogP contribution in [0.3, 0.4) is 0 Å². The van der Waals surface area contributed by atoms with Crippen LogP contribution in [0.5, 0.6) is 11.5 Å². The van der Waals surface area contributed by atoms with Gasteiger partial charge >= 0.3 is 11.9 Å². The van der Waals surface area contributed by atoms with E-state index in [1.807, 2.05) is 36.4 Å². The summed E-state index contributed by atoms with van der Waals surface area (Å²) in [7, 11) is 0. The summed E-state index contributed by atoms with van der Waals surface area (Å²) in [6, 6.07) is 16.4. The van der Waals surface area contributed by atoms with E-state index in [1.54, 1.807) is 32.0 Å². The van der Waals surface area contributed by atoms with Gasteiger partial charge in [-0.2, -0.15) is 0 Å². The molecule has 0 aliphatic rings. The van der Waals surface area contributed by atoms with Gasteiger partial charge in [0.2, 0.25) is 0 Å². The van der Waals surface area contributed by atoms with Gasteiger partial charge in [-0.3, -0.25) is 0 Å². The first-order valence-electron chi connectivity index (χ1n) is 9.44. The van der Waals surface area contributed by atoms with E-state index in [4.69, 9.17) is 18.9 Å². The zero-order valence-electron chi connectivity index (χ0n) is 17.3. The minimum Gasteiger partial charge on any atom is -0.490 e. The van der Waals surface area contributed by atoms with Crippen molar-refractivity contribution in [2.24, 2.45) is 0 Å². The minimum absolute atomic E-state index is 0.0403. The van der Waals surface area contributed by atoms with Crippen LogP contribution < -0.4 is 9.47 Å². The maximum Gasteiger partial charge on any atom is 0.333 e. The Bertz CT molecular complexity index is 888. The molecule has 0 bridgehead atoms. The molecule has 0 aliphatic heterocycles. The number of hydrogen-bond acceptors (Lipinski definition) is 6. The fourth-order valence-corrected chi connectivity index (χ4v) is 2.29. The quantitative estimate of drug-likeness (QED) is 0.407. The highest BCUT2D eigenvalue weighted by molar-refractivity contribution is 5.87. The molecule has 0 saturated heterocycles. The van der Waals surface area contributed by atoms with Gasteiger partial charge < -0.3 is 18.9 Å². The van der Waals surface area contributed by atoms with E-state index >= 15 is 0 Å². The molecule has 0 aromatic heterocycles. The maximum absolute atomic E-state index is 12.0. The summed E-state index contributed by atoms with van der Waals surface area (Å²) >= 11 is 0. The third-order valence-corrected chi connectivity index (χ3v) is 3.91. The van der Waals surface area contributed by atoms with Crippen LogP contribution in [0.4, 0.5) is 0 Å². The van der Waals surface area contributed by atoms with E-state index in [0.717, 1.165) is 0 Å². The fraction of sp³-hybridized carbons (Fsp3) is 0.250. The van der Waals surface area contributed by atoms with E-state index in [1.165, 1.54) is 0 Å². The van der Waals surface area contributed by atoms with E-state index in [2.05, 4.69) is 13.2 Å². The largest absolute Gasteiger partial charge is 0.490 e. The number of benzene rings is 2. The molecule has 0 spiro atoms. The van der Waals surface area contributed by atoms with Gasteiger partial charge in [-0.25, -0.2) is 9.59 Å². The van der Waals surface area contributed by atoms with Gasteiger partial charge in [0.1, 0.15) is 31.3 Å². The summed E-state index contributed by atoms with van der Waals surface area (Å²) < 4.78 is 22.2. The monoisotopic (exact) mass is 410 g/mol. The fourth-order valence-electron chi connectivity index (χ4n) is 2.29. The number of para-hydroxylation sites is 2. The number of rotatable bonds is 11. The molecule has 0 N–H and O–H groups in total. The normalized spacial score (nSPS) is 11.1. The molecule has 6 heteroatoms. The number of hydrogen-bond donors (Lipinski definition) is 0. The van der Waals surface area contributed by atoms with Crippen LogP contribution in [0.15, 0.2) is 78.9 Å². The van der Waals surface area contributed by atoms with Crippen molar-refractivity contribution in [2.45, 2.75) is 26.6 Å². The molecule has 6 nitrogen and oxygen atoms in total. The minimum atomic E-state index is -0.666. The summed E-state index contributed by atoms with van der Waals surface area (Å²) in [6.07, 6.45) is -0.666. The summed E-state index contributed by atoms with van der Waals surface area (Å²) in [4.78, 5) is 23.6. The Kier molecular flexibility index (Phi) is 8.69. The molecule has 0 radical (unpaired) electrons. The molecule has 0 heterocycles. The van der Waals surface area contributed by atoms with Gasteiger partial charge in [0, 0.05) is 16.7 Å². The van der Waals surface area contributed by atoms with Gasteiger partial charge in [0.25, 0.3) is 0 Å². The first kappa shape index (κ1) is 22.7. The van der Waals surface area contributed by atoms with Crippen LogP contribution in [-0.4, -0.2) is 31.3 Å². The lowest BCUT2D eigenvalue weighted by atomic mass is 10.2. The molecule has 0 fully saturated rings. The highest BCUT2D eigenvalue weighted by atomic mass is 16.6. The molecule has 2 rings (SSSR count). The third kappa shape index (κ3) is 7.47. The van der Waals surface area contributed by atoms with Crippen molar-refractivity contribution < 1.29 is 28.5 Å². The van der Waals surface area contributed by atoms with Crippen molar-refractivity contribution >= 4 is 11.9 Å². The summed E-state index contributed by atoms with van der Waals surface area (Å²) in [5.74, 6) is 0.169. The molecule has 0 saturated carbocycles. The van der Waals surface area contributed by atoms with Crippen LogP contribution in [0, 0.1) is 0 Å². The maximum atomic E-state index is 12.0. The van der Waals surface area contributed by atoms with Crippen molar-refractivity contribution in [3.05, 3.63) is 84.5 Å². The van der Waals surface area contributed by atoms with Crippen LogP contribution in [0.1, 0.15) is 19.4 Å². The van der Waals surface area contributed by atoms with Gasteiger partial charge in [-0.15, -0.1) is 0 Å². The second-order valence-electron chi connectivity index (χ2n) is 6.71. The van der Waals surface area contributed by atoms with Crippen LogP contribution in [-0.2, 0) is 25.7 Å². The van der Waals surface area contributed by atoms with Crippen molar-refractivity contribution in [1.29, 1.82) is 0 Å². The van der Waals surface area contributed by atoms with Gasteiger partial charge in [0.15, 0.2) is 6.10 Å². The van der Waals surface area contributed by atoms with Crippen LogP contribution in [0.2, 0.25) is 0 Å². The van der Waals surface area contributed by atoms with E-state index in [-0.39, 0.29) is 25.4 Å². The van der Waals surface area contributed by atoms with Crippen LogP contribution >= 0.6 is 0 Å².